The Hall–Kier alpha value is -1.38. The van der Waals surface area contributed by atoms with Gasteiger partial charge in [0.25, 0.3) is 5.91 Å². The molecule has 0 bridgehead atoms. The Morgan fingerprint density at radius 2 is 2.04 bits per heavy atom. The van der Waals surface area contributed by atoms with Crippen molar-refractivity contribution in [2.45, 2.75) is 19.8 Å². The number of piperazine rings is 1. The molecule has 0 spiro atoms. The molecule has 0 atom stereocenters. The van der Waals surface area contributed by atoms with Gasteiger partial charge in [-0.2, -0.15) is 0 Å². The van der Waals surface area contributed by atoms with Gasteiger partial charge < -0.3 is 9.32 Å². The lowest BCUT2D eigenvalue weighted by molar-refractivity contribution is 0.0609. The fraction of sp³-hybridized carbons (Fsp3) is 0.667. The number of carbonyl (C=O) groups excluding carboxylic acids is 1. The Morgan fingerprint density at radius 3 is 2.65 bits per heavy atom. The first kappa shape index (κ1) is 18.0. The van der Waals surface area contributed by atoms with Crippen LogP contribution in [0.15, 0.2) is 22.8 Å². The largest absolute Gasteiger partial charge is 0.459 e. The Balaban J connectivity index is 1.68. The lowest BCUT2D eigenvalue weighted by Gasteiger charge is -2.34. The van der Waals surface area contributed by atoms with E-state index in [1.54, 1.807) is 17.0 Å². The zero-order valence-corrected chi connectivity index (χ0v) is 14.3. The van der Waals surface area contributed by atoms with Crippen LogP contribution < -0.4 is 4.72 Å². The van der Waals surface area contributed by atoms with Crippen LogP contribution in [0.4, 0.5) is 0 Å². The van der Waals surface area contributed by atoms with E-state index in [1.807, 2.05) is 6.92 Å². The third kappa shape index (κ3) is 5.63. The Kier molecular flexibility index (Phi) is 6.61. The van der Waals surface area contributed by atoms with Crippen molar-refractivity contribution < 1.29 is 17.6 Å². The van der Waals surface area contributed by atoms with Crippen molar-refractivity contribution >= 4 is 15.9 Å². The van der Waals surface area contributed by atoms with Gasteiger partial charge in [0, 0.05) is 39.3 Å². The highest BCUT2D eigenvalue weighted by molar-refractivity contribution is 7.89. The molecule has 1 aliphatic rings. The monoisotopic (exact) mass is 343 g/mol. The highest BCUT2D eigenvalue weighted by Crippen LogP contribution is 2.09. The lowest BCUT2D eigenvalue weighted by Crippen LogP contribution is -2.50. The Morgan fingerprint density at radius 1 is 1.30 bits per heavy atom. The van der Waals surface area contributed by atoms with E-state index in [0.717, 1.165) is 19.5 Å². The standard InChI is InChI=1S/C15H25N3O4S/c1-2-3-13-23(20,21)16-6-7-17-8-10-18(11-9-17)15(19)14-5-4-12-22-14/h4-5,12,16H,2-3,6-11,13H2,1H3. The first-order chi connectivity index (χ1) is 11.0. The van der Waals surface area contributed by atoms with Gasteiger partial charge in [-0.1, -0.05) is 13.3 Å². The van der Waals surface area contributed by atoms with Crippen molar-refractivity contribution in [3.05, 3.63) is 24.2 Å². The second-order valence-electron chi connectivity index (χ2n) is 5.68. The van der Waals surface area contributed by atoms with Crippen molar-refractivity contribution in [2.24, 2.45) is 0 Å². The van der Waals surface area contributed by atoms with Crippen molar-refractivity contribution in [1.82, 2.24) is 14.5 Å². The molecule has 1 aromatic rings. The van der Waals surface area contributed by atoms with E-state index >= 15 is 0 Å². The van der Waals surface area contributed by atoms with Crippen LogP contribution in [0.1, 0.15) is 30.3 Å². The maximum atomic E-state index is 12.1. The smallest absolute Gasteiger partial charge is 0.289 e. The molecule has 0 aliphatic carbocycles. The molecule has 0 saturated carbocycles. The predicted molar refractivity (Wildman–Crippen MR) is 87.7 cm³/mol. The van der Waals surface area contributed by atoms with Crippen LogP contribution in [0.5, 0.6) is 0 Å². The summed E-state index contributed by atoms with van der Waals surface area (Å²) in [6, 6.07) is 3.37. The molecule has 8 heteroatoms. The number of nitrogens with one attached hydrogen (secondary N) is 1. The summed E-state index contributed by atoms with van der Waals surface area (Å²) >= 11 is 0. The van der Waals surface area contributed by atoms with Crippen LogP contribution >= 0.6 is 0 Å². The van der Waals surface area contributed by atoms with Crippen LogP contribution in [-0.2, 0) is 10.0 Å². The third-order valence-electron chi connectivity index (χ3n) is 3.91. The molecule has 7 nitrogen and oxygen atoms in total. The number of furan rings is 1. The van der Waals surface area contributed by atoms with E-state index in [1.165, 1.54) is 6.26 Å². The summed E-state index contributed by atoms with van der Waals surface area (Å²) in [6.07, 6.45) is 3.05. The molecule has 1 N–H and O–H groups in total. The van der Waals surface area contributed by atoms with Gasteiger partial charge in [-0.25, -0.2) is 13.1 Å². The maximum absolute atomic E-state index is 12.1. The number of hydrogen-bond donors (Lipinski definition) is 1. The minimum Gasteiger partial charge on any atom is -0.459 e. The summed E-state index contributed by atoms with van der Waals surface area (Å²) in [5, 5.41) is 0. The summed E-state index contributed by atoms with van der Waals surface area (Å²) in [6.45, 7) is 5.78. The van der Waals surface area contributed by atoms with E-state index in [-0.39, 0.29) is 11.7 Å². The van der Waals surface area contributed by atoms with Gasteiger partial charge in [0.1, 0.15) is 0 Å². The van der Waals surface area contributed by atoms with Crippen LogP contribution in [0, 0.1) is 0 Å². The first-order valence-corrected chi connectivity index (χ1v) is 9.69. The summed E-state index contributed by atoms with van der Waals surface area (Å²) in [5.74, 6) is 0.464. The SMILES string of the molecule is CCCCS(=O)(=O)NCCN1CCN(C(=O)c2ccco2)CC1. The Bertz CT molecular complexity index is 578. The molecular weight excluding hydrogens is 318 g/mol. The zero-order chi connectivity index (χ0) is 16.7. The van der Waals surface area contributed by atoms with Crippen LogP contribution in [0.25, 0.3) is 0 Å². The number of unbranched alkanes of at least 4 members (excludes halogenated alkanes) is 1. The van der Waals surface area contributed by atoms with E-state index in [9.17, 15) is 13.2 Å². The van der Waals surface area contributed by atoms with E-state index < -0.39 is 10.0 Å². The molecule has 1 aromatic heterocycles. The first-order valence-electron chi connectivity index (χ1n) is 8.04. The fourth-order valence-corrected chi connectivity index (χ4v) is 3.71. The molecular formula is C15H25N3O4S. The Labute approximate surface area is 137 Å². The van der Waals surface area contributed by atoms with Gasteiger partial charge in [-0.15, -0.1) is 0 Å². The number of sulfonamides is 1. The molecule has 1 aliphatic heterocycles. The molecule has 2 heterocycles. The number of hydrogen-bond acceptors (Lipinski definition) is 5. The topological polar surface area (TPSA) is 82.9 Å². The van der Waals surface area contributed by atoms with E-state index in [2.05, 4.69) is 9.62 Å². The number of rotatable bonds is 8. The quantitative estimate of drug-likeness (QED) is 0.753. The van der Waals surface area contributed by atoms with Gasteiger partial charge in [0.05, 0.1) is 12.0 Å². The summed E-state index contributed by atoms with van der Waals surface area (Å²) in [7, 11) is -3.15. The van der Waals surface area contributed by atoms with Gasteiger partial charge in [0.2, 0.25) is 10.0 Å². The van der Waals surface area contributed by atoms with Gasteiger partial charge >= 0.3 is 0 Å². The van der Waals surface area contributed by atoms with Gasteiger partial charge in [-0.05, 0) is 18.6 Å². The molecule has 23 heavy (non-hydrogen) atoms. The average molecular weight is 343 g/mol. The molecule has 0 unspecified atom stereocenters. The number of nitrogens with zero attached hydrogens (tertiary/aromatic N) is 2. The minimum atomic E-state index is -3.15. The van der Waals surface area contributed by atoms with Crippen molar-refractivity contribution in [3.63, 3.8) is 0 Å². The van der Waals surface area contributed by atoms with Crippen LogP contribution in [0.2, 0.25) is 0 Å². The molecule has 1 amide bonds. The lowest BCUT2D eigenvalue weighted by atomic mass is 10.3. The minimum absolute atomic E-state index is 0.0880. The maximum Gasteiger partial charge on any atom is 0.289 e. The summed E-state index contributed by atoms with van der Waals surface area (Å²) in [5.41, 5.74) is 0. The van der Waals surface area contributed by atoms with Gasteiger partial charge in [-0.3, -0.25) is 9.69 Å². The highest BCUT2D eigenvalue weighted by atomic mass is 32.2. The van der Waals surface area contributed by atoms with Crippen molar-refractivity contribution in [3.8, 4) is 0 Å². The fourth-order valence-electron chi connectivity index (χ4n) is 2.50. The number of carbonyl (C=O) groups is 1. The predicted octanol–water partition coefficient (Wildman–Crippen LogP) is 0.757. The number of amides is 1. The normalized spacial score (nSPS) is 16.7. The molecule has 1 fully saturated rings. The second kappa shape index (κ2) is 8.47. The van der Waals surface area contributed by atoms with Crippen LogP contribution in [0.3, 0.4) is 0 Å². The van der Waals surface area contributed by atoms with E-state index in [0.29, 0.717) is 38.4 Å². The molecule has 1 saturated heterocycles. The third-order valence-corrected chi connectivity index (χ3v) is 5.38. The highest BCUT2D eigenvalue weighted by Gasteiger charge is 2.23. The van der Waals surface area contributed by atoms with Crippen LogP contribution in [-0.4, -0.2) is 69.1 Å². The van der Waals surface area contributed by atoms with Crippen molar-refractivity contribution in [2.75, 3.05) is 45.0 Å². The molecule has 130 valence electrons. The average Bonchev–Trinajstić information content (AvgIpc) is 3.07. The zero-order valence-electron chi connectivity index (χ0n) is 13.5. The molecule has 0 aromatic carbocycles. The molecule has 2 rings (SSSR count). The summed E-state index contributed by atoms with van der Waals surface area (Å²) in [4.78, 5) is 16.1. The molecule has 0 radical (unpaired) electrons. The van der Waals surface area contributed by atoms with Gasteiger partial charge in [0.15, 0.2) is 5.76 Å². The van der Waals surface area contributed by atoms with E-state index in [4.69, 9.17) is 4.42 Å². The van der Waals surface area contributed by atoms with Crippen molar-refractivity contribution in [1.29, 1.82) is 0 Å². The second-order valence-corrected chi connectivity index (χ2v) is 7.60. The summed E-state index contributed by atoms with van der Waals surface area (Å²) < 4.78 is 31.2.